The molecule has 162 valence electrons. The molecular weight excluding hydrogens is 380 g/mol. The fourth-order valence-electron chi connectivity index (χ4n) is 3.47. The Hall–Kier alpha value is -2.70. The molecule has 0 spiro atoms. The third-order valence-electron chi connectivity index (χ3n) is 5.12. The number of hydrogen-bond acceptors (Lipinski definition) is 4. The highest BCUT2D eigenvalue weighted by Gasteiger charge is 2.36. The zero-order valence-corrected chi connectivity index (χ0v) is 18.4. The summed E-state index contributed by atoms with van der Waals surface area (Å²) >= 11 is 0. The van der Waals surface area contributed by atoms with Gasteiger partial charge in [-0.15, -0.1) is 0 Å². The van der Waals surface area contributed by atoms with Gasteiger partial charge in [0.2, 0.25) is 5.91 Å². The van der Waals surface area contributed by atoms with E-state index in [9.17, 15) is 9.59 Å². The van der Waals surface area contributed by atoms with Crippen molar-refractivity contribution in [2.75, 3.05) is 20.8 Å². The van der Waals surface area contributed by atoms with Crippen LogP contribution in [-0.2, 0) is 14.3 Å². The van der Waals surface area contributed by atoms with Crippen molar-refractivity contribution in [2.24, 2.45) is 5.92 Å². The van der Waals surface area contributed by atoms with Gasteiger partial charge < -0.3 is 19.7 Å². The summed E-state index contributed by atoms with van der Waals surface area (Å²) in [5.74, 6) is -0.528. The van der Waals surface area contributed by atoms with E-state index in [-0.39, 0.29) is 30.3 Å². The first-order valence-electron chi connectivity index (χ1n) is 10.2. The number of nitrogens with one attached hydrogen (secondary N) is 1. The summed E-state index contributed by atoms with van der Waals surface area (Å²) in [5.41, 5.74) is 1.51. The monoisotopic (exact) mass is 412 g/mol. The van der Waals surface area contributed by atoms with Crippen LogP contribution < -0.4 is 5.32 Å². The maximum atomic E-state index is 13.6. The Balaban J connectivity index is 2.40. The Kier molecular flexibility index (Phi) is 9.02. The number of carbonyl (C=O) groups is 2. The number of carbonyl (C=O) groups excluding carboxylic acids is 2. The molecular formula is C24H32N2O4. The summed E-state index contributed by atoms with van der Waals surface area (Å²) in [6.45, 7) is 6.03. The van der Waals surface area contributed by atoms with Crippen LogP contribution >= 0.6 is 0 Å². The molecule has 0 unspecified atom stereocenters. The summed E-state index contributed by atoms with van der Waals surface area (Å²) in [5, 5.41) is 2.88. The zero-order chi connectivity index (χ0) is 22.1. The van der Waals surface area contributed by atoms with Crippen LogP contribution in [0.4, 0.5) is 0 Å². The smallest absolute Gasteiger partial charge is 0.255 e. The van der Waals surface area contributed by atoms with Crippen molar-refractivity contribution >= 4 is 11.8 Å². The van der Waals surface area contributed by atoms with Gasteiger partial charge in [0.25, 0.3) is 5.91 Å². The molecule has 0 saturated heterocycles. The average molecular weight is 413 g/mol. The van der Waals surface area contributed by atoms with Crippen LogP contribution in [-0.4, -0.2) is 49.8 Å². The summed E-state index contributed by atoms with van der Waals surface area (Å²) in [6, 6.07) is 17.8. The number of amides is 2. The lowest BCUT2D eigenvalue weighted by Crippen LogP contribution is -2.54. The van der Waals surface area contributed by atoms with Gasteiger partial charge >= 0.3 is 0 Å². The number of ether oxygens (including phenoxy) is 2. The van der Waals surface area contributed by atoms with Gasteiger partial charge in [0.1, 0.15) is 6.04 Å². The van der Waals surface area contributed by atoms with Crippen molar-refractivity contribution < 1.29 is 19.1 Å². The van der Waals surface area contributed by atoms with Gasteiger partial charge in [-0.3, -0.25) is 9.59 Å². The number of hydrogen-bond donors (Lipinski definition) is 1. The predicted octanol–water partition coefficient (Wildman–Crippen LogP) is 3.65. The second-order valence-electron chi connectivity index (χ2n) is 7.50. The van der Waals surface area contributed by atoms with Crippen LogP contribution in [0.2, 0.25) is 0 Å². The van der Waals surface area contributed by atoms with Gasteiger partial charge in [-0.25, -0.2) is 0 Å². The second-order valence-corrected chi connectivity index (χ2v) is 7.50. The Morgan fingerprint density at radius 2 is 1.43 bits per heavy atom. The third kappa shape index (κ3) is 5.90. The summed E-state index contributed by atoms with van der Waals surface area (Å²) in [7, 11) is 3.03. The molecule has 0 aromatic heterocycles. The molecule has 2 amide bonds. The molecule has 1 N–H and O–H groups in total. The minimum absolute atomic E-state index is 0.104. The van der Waals surface area contributed by atoms with Crippen molar-refractivity contribution in [3.63, 3.8) is 0 Å². The SMILES string of the molecule is COC(CNC(=O)[C@@H](C(C)C)N(C(=O)c1ccccc1)[C@@H](C)c1ccccc1)OC. The molecule has 0 fully saturated rings. The highest BCUT2D eigenvalue weighted by atomic mass is 16.7. The van der Waals surface area contributed by atoms with Crippen molar-refractivity contribution in [2.45, 2.75) is 39.1 Å². The first kappa shape index (κ1) is 23.6. The van der Waals surface area contributed by atoms with Gasteiger partial charge in [0.15, 0.2) is 6.29 Å². The molecule has 6 nitrogen and oxygen atoms in total. The van der Waals surface area contributed by atoms with Crippen LogP contribution in [0.25, 0.3) is 0 Å². The van der Waals surface area contributed by atoms with Crippen LogP contribution in [0.15, 0.2) is 60.7 Å². The van der Waals surface area contributed by atoms with Crippen LogP contribution in [0.5, 0.6) is 0 Å². The first-order chi connectivity index (χ1) is 14.4. The zero-order valence-electron chi connectivity index (χ0n) is 18.4. The van der Waals surface area contributed by atoms with Crippen LogP contribution in [0.1, 0.15) is 42.7 Å². The quantitative estimate of drug-likeness (QED) is 0.605. The highest BCUT2D eigenvalue weighted by molar-refractivity contribution is 5.98. The lowest BCUT2D eigenvalue weighted by atomic mass is 9.95. The highest BCUT2D eigenvalue weighted by Crippen LogP contribution is 2.28. The van der Waals surface area contributed by atoms with Gasteiger partial charge in [-0.1, -0.05) is 62.4 Å². The summed E-state index contributed by atoms with van der Waals surface area (Å²) in [4.78, 5) is 28.5. The molecule has 0 bridgehead atoms. The molecule has 30 heavy (non-hydrogen) atoms. The molecule has 2 rings (SSSR count). The van der Waals surface area contributed by atoms with E-state index in [1.54, 1.807) is 17.0 Å². The normalized spacial score (nSPS) is 13.2. The lowest BCUT2D eigenvalue weighted by molar-refractivity contribution is -0.133. The van der Waals surface area contributed by atoms with E-state index in [1.807, 2.05) is 69.3 Å². The van der Waals surface area contributed by atoms with Crippen molar-refractivity contribution in [3.8, 4) is 0 Å². The second kappa shape index (κ2) is 11.5. The largest absolute Gasteiger partial charge is 0.354 e. The molecule has 0 aliphatic rings. The molecule has 0 aliphatic carbocycles. The van der Waals surface area contributed by atoms with Crippen LogP contribution in [0, 0.1) is 5.92 Å². The topological polar surface area (TPSA) is 67.9 Å². The van der Waals surface area contributed by atoms with Gasteiger partial charge in [-0.2, -0.15) is 0 Å². The van der Waals surface area contributed by atoms with Crippen molar-refractivity contribution in [1.82, 2.24) is 10.2 Å². The fraction of sp³-hybridized carbons (Fsp3) is 0.417. The minimum Gasteiger partial charge on any atom is -0.354 e. The number of benzene rings is 2. The predicted molar refractivity (Wildman–Crippen MR) is 117 cm³/mol. The first-order valence-corrected chi connectivity index (χ1v) is 10.2. The lowest BCUT2D eigenvalue weighted by Gasteiger charge is -2.38. The van der Waals surface area contributed by atoms with E-state index >= 15 is 0 Å². The van der Waals surface area contributed by atoms with E-state index in [4.69, 9.17) is 9.47 Å². The molecule has 0 radical (unpaired) electrons. The molecule has 6 heteroatoms. The minimum atomic E-state index is -0.665. The van der Waals surface area contributed by atoms with E-state index in [2.05, 4.69) is 5.32 Å². The number of rotatable bonds is 10. The molecule has 2 aromatic carbocycles. The van der Waals surface area contributed by atoms with E-state index < -0.39 is 12.3 Å². The van der Waals surface area contributed by atoms with E-state index in [0.717, 1.165) is 5.56 Å². The maximum Gasteiger partial charge on any atom is 0.255 e. The molecule has 2 aromatic rings. The van der Waals surface area contributed by atoms with Crippen molar-refractivity contribution in [1.29, 1.82) is 0 Å². The molecule has 2 atom stereocenters. The third-order valence-corrected chi connectivity index (χ3v) is 5.12. The van der Waals surface area contributed by atoms with Crippen molar-refractivity contribution in [3.05, 3.63) is 71.8 Å². The Morgan fingerprint density at radius 1 is 0.900 bits per heavy atom. The Morgan fingerprint density at radius 3 is 1.93 bits per heavy atom. The maximum absolute atomic E-state index is 13.6. The fourth-order valence-corrected chi connectivity index (χ4v) is 3.47. The Bertz CT molecular complexity index is 791. The molecule has 0 heterocycles. The van der Waals surface area contributed by atoms with E-state index in [0.29, 0.717) is 5.56 Å². The van der Waals surface area contributed by atoms with Gasteiger partial charge in [0, 0.05) is 19.8 Å². The van der Waals surface area contributed by atoms with Gasteiger partial charge in [0.05, 0.1) is 12.6 Å². The molecule has 0 saturated carbocycles. The summed E-state index contributed by atoms with van der Waals surface area (Å²) < 4.78 is 10.3. The number of nitrogens with zero attached hydrogens (tertiary/aromatic N) is 1. The standard InChI is InChI=1S/C24H32N2O4/c1-17(2)22(23(27)25-16-21(29-4)30-5)26(18(3)19-12-8-6-9-13-19)24(28)20-14-10-7-11-15-20/h6-15,17-18,21-22H,16H2,1-5H3,(H,25,27)/t18-,22+/m0/s1. The van der Waals surface area contributed by atoms with E-state index in [1.165, 1.54) is 14.2 Å². The van der Waals surface area contributed by atoms with Crippen LogP contribution in [0.3, 0.4) is 0 Å². The number of methoxy groups -OCH3 is 2. The molecule has 0 aliphatic heterocycles. The summed E-state index contributed by atoms with van der Waals surface area (Å²) in [6.07, 6.45) is -0.549. The Labute approximate surface area is 179 Å². The average Bonchev–Trinajstić information content (AvgIpc) is 2.78. The van der Waals surface area contributed by atoms with Gasteiger partial charge in [-0.05, 0) is 30.5 Å².